The van der Waals surface area contributed by atoms with Crippen molar-refractivity contribution in [3.8, 4) is 16.9 Å². The Hall–Kier alpha value is -2.16. The van der Waals surface area contributed by atoms with Crippen LogP contribution in [-0.2, 0) is 0 Å². The highest BCUT2D eigenvalue weighted by Gasteiger charge is 2.02. The first-order chi connectivity index (χ1) is 8.20. The molecule has 2 aromatic carbocycles. The van der Waals surface area contributed by atoms with E-state index >= 15 is 0 Å². The Balaban J connectivity index is 2.38. The number of hydrogen-bond acceptors (Lipinski definition) is 3. The van der Waals surface area contributed by atoms with Gasteiger partial charge in [0.1, 0.15) is 5.75 Å². The second-order valence-corrected chi connectivity index (χ2v) is 3.80. The van der Waals surface area contributed by atoms with Crippen LogP contribution in [0.2, 0.25) is 0 Å². The molecule has 0 bridgehead atoms. The Morgan fingerprint density at radius 2 is 1.71 bits per heavy atom. The lowest BCUT2D eigenvalue weighted by molar-refractivity contribution is 0.340. The predicted octanol–water partition coefficient (Wildman–Crippen LogP) is 2.92. The van der Waals surface area contributed by atoms with Gasteiger partial charge in [0.25, 0.3) is 0 Å². The van der Waals surface area contributed by atoms with Crippen LogP contribution in [0.15, 0.2) is 42.5 Å². The van der Waals surface area contributed by atoms with E-state index in [1.807, 2.05) is 49.4 Å². The summed E-state index contributed by atoms with van der Waals surface area (Å²) in [5.74, 6) is 0.861. The second-order valence-electron chi connectivity index (χ2n) is 3.80. The molecule has 0 radical (unpaired) electrons. The van der Waals surface area contributed by atoms with Crippen molar-refractivity contribution in [2.24, 2.45) is 0 Å². The van der Waals surface area contributed by atoms with E-state index in [-0.39, 0.29) is 0 Å². The molecule has 2 rings (SSSR count). The quantitative estimate of drug-likeness (QED) is 0.794. The van der Waals surface area contributed by atoms with Crippen molar-refractivity contribution in [1.29, 1.82) is 0 Å². The average molecular weight is 228 g/mol. The van der Waals surface area contributed by atoms with Crippen molar-refractivity contribution in [1.82, 2.24) is 0 Å². The molecule has 0 aliphatic heterocycles. The highest BCUT2D eigenvalue weighted by atomic mass is 16.5. The highest BCUT2D eigenvalue weighted by molar-refractivity contribution is 5.75. The zero-order valence-corrected chi connectivity index (χ0v) is 9.81. The standard InChI is InChI=1S/C14H16N2O/c1-2-17-12-5-3-4-10(8-12)11-6-7-13(15)14(16)9-11/h3-9H,2,15-16H2,1H3. The number of nitrogen functional groups attached to an aromatic ring is 2. The second kappa shape index (κ2) is 4.78. The van der Waals surface area contributed by atoms with E-state index in [1.165, 1.54) is 0 Å². The minimum atomic E-state index is 0.601. The van der Waals surface area contributed by atoms with Crippen molar-refractivity contribution in [3.63, 3.8) is 0 Å². The van der Waals surface area contributed by atoms with Crippen LogP contribution in [0.5, 0.6) is 5.75 Å². The Morgan fingerprint density at radius 1 is 0.941 bits per heavy atom. The number of rotatable bonds is 3. The maximum atomic E-state index is 5.80. The third-order valence-electron chi connectivity index (χ3n) is 2.57. The van der Waals surface area contributed by atoms with Crippen LogP contribution >= 0.6 is 0 Å². The van der Waals surface area contributed by atoms with E-state index in [4.69, 9.17) is 16.2 Å². The Morgan fingerprint density at radius 3 is 2.41 bits per heavy atom. The van der Waals surface area contributed by atoms with Gasteiger partial charge in [-0.25, -0.2) is 0 Å². The van der Waals surface area contributed by atoms with Crippen LogP contribution < -0.4 is 16.2 Å². The van der Waals surface area contributed by atoms with E-state index in [0.29, 0.717) is 18.0 Å². The molecule has 0 saturated carbocycles. The SMILES string of the molecule is CCOc1cccc(-c2ccc(N)c(N)c2)c1. The van der Waals surface area contributed by atoms with Crippen LogP contribution in [0.4, 0.5) is 11.4 Å². The van der Waals surface area contributed by atoms with Crippen molar-refractivity contribution < 1.29 is 4.74 Å². The van der Waals surface area contributed by atoms with Crippen LogP contribution in [0.3, 0.4) is 0 Å². The lowest BCUT2D eigenvalue weighted by Gasteiger charge is -2.08. The van der Waals surface area contributed by atoms with E-state index in [0.717, 1.165) is 16.9 Å². The average Bonchev–Trinajstić information content (AvgIpc) is 2.33. The van der Waals surface area contributed by atoms with Crippen LogP contribution in [-0.4, -0.2) is 6.61 Å². The van der Waals surface area contributed by atoms with Crippen LogP contribution in [0, 0.1) is 0 Å². The highest BCUT2D eigenvalue weighted by Crippen LogP contribution is 2.27. The Labute approximate surface area is 101 Å². The molecule has 0 saturated heterocycles. The van der Waals surface area contributed by atoms with Gasteiger partial charge in [-0.15, -0.1) is 0 Å². The topological polar surface area (TPSA) is 61.3 Å². The number of anilines is 2. The molecule has 2 aromatic rings. The zero-order chi connectivity index (χ0) is 12.3. The van der Waals surface area contributed by atoms with Gasteiger partial charge in [-0.3, -0.25) is 0 Å². The van der Waals surface area contributed by atoms with Gasteiger partial charge in [-0.05, 0) is 42.3 Å². The summed E-state index contributed by atoms with van der Waals surface area (Å²) < 4.78 is 5.47. The molecular weight excluding hydrogens is 212 g/mol. The zero-order valence-electron chi connectivity index (χ0n) is 9.81. The molecular formula is C14H16N2O. The summed E-state index contributed by atoms with van der Waals surface area (Å²) in [4.78, 5) is 0. The van der Waals surface area contributed by atoms with Crippen LogP contribution in [0.25, 0.3) is 11.1 Å². The van der Waals surface area contributed by atoms with E-state index in [2.05, 4.69) is 0 Å². The maximum absolute atomic E-state index is 5.80. The van der Waals surface area contributed by atoms with Gasteiger partial charge >= 0.3 is 0 Å². The summed E-state index contributed by atoms with van der Waals surface area (Å²) in [5.41, 5.74) is 14.8. The predicted molar refractivity (Wildman–Crippen MR) is 71.9 cm³/mol. The van der Waals surface area contributed by atoms with Crippen molar-refractivity contribution in [3.05, 3.63) is 42.5 Å². The number of nitrogens with two attached hydrogens (primary N) is 2. The monoisotopic (exact) mass is 228 g/mol. The third-order valence-corrected chi connectivity index (χ3v) is 2.57. The van der Waals surface area contributed by atoms with Gasteiger partial charge in [0.2, 0.25) is 0 Å². The van der Waals surface area contributed by atoms with Gasteiger partial charge in [-0.2, -0.15) is 0 Å². The summed E-state index contributed by atoms with van der Waals surface area (Å²) in [6.07, 6.45) is 0. The number of hydrogen-bond donors (Lipinski definition) is 2. The fraction of sp³-hybridized carbons (Fsp3) is 0.143. The first-order valence-electron chi connectivity index (χ1n) is 5.59. The summed E-state index contributed by atoms with van der Waals surface area (Å²) in [6.45, 7) is 2.63. The maximum Gasteiger partial charge on any atom is 0.119 e. The molecule has 0 atom stereocenters. The molecule has 3 nitrogen and oxygen atoms in total. The molecule has 0 heterocycles. The molecule has 0 amide bonds. The summed E-state index contributed by atoms with van der Waals surface area (Å²) in [7, 11) is 0. The lowest BCUT2D eigenvalue weighted by Crippen LogP contribution is -1.95. The molecule has 3 heteroatoms. The normalized spacial score (nSPS) is 10.2. The third kappa shape index (κ3) is 2.50. The molecule has 0 aliphatic rings. The molecule has 0 aliphatic carbocycles. The van der Waals surface area contributed by atoms with Crippen molar-refractivity contribution >= 4 is 11.4 Å². The van der Waals surface area contributed by atoms with E-state index < -0.39 is 0 Å². The molecule has 0 spiro atoms. The molecule has 88 valence electrons. The van der Waals surface area contributed by atoms with Crippen molar-refractivity contribution in [2.75, 3.05) is 18.1 Å². The van der Waals surface area contributed by atoms with Gasteiger partial charge in [0, 0.05) is 0 Å². The minimum Gasteiger partial charge on any atom is -0.494 e. The fourth-order valence-corrected chi connectivity index (χ4v) is 1.69. The number of benzene rings is 2. The van der Waals surface area contributed by atoms with Gasteiger partial charge in [0.05, 0.1) is 18.0 Å². The van der Waals surface area contributed by atoms with Crippen LogP contribution in [0.1, 0.15) is 6.92 Å². The van der Waals surface area contributed by atoms with Crippen molar-refractivity contribution in [2.45, 2.75) is 6.92 Å². The summed E-state index contributed by atoms with van der Waals surface area (Å²) in [5, 5.41) is 0. The summed E-state index contributed by atoms with van der Waals surface area (Å²) in [6, 6.07) is 13.6. The number of ether oxygens (including phenoxy) is 1. The first-order valence-corrected chi connectivity index (χ1v) is 5.59. The largest absolute Gasteiger partial charge is 0.494 e. The summed E-state index contributed by atoms with van der Waals surface area (Å²) >= 11 is 0. The Kier molecular flexibility index (Phi) is 3.19. The molecule has 4 N–H and O–H groups in total. The fourth-order valence-electron chi connectivity index (χ4n) is 1.69. The smallest absolute Gasteiger partial charge is 0.119 e. The van der Waals surface area contributed by atoms with Gasteiger partial charge in [0.15, 0.2) is 0 Å². The first kappa shape index (κ1) is 11.3. The van der Waals surface area contributed by atoms with E-state index in [1.54, 1.807) is 0 Å². The molecule has 0 fully saturated rings. The Bertz CT molecular complexity index is 523. The molecule has 0 aromatic heterocycles. The minimum absolute atomic E-state index is 0.601. The molecule has 17 heavy (non-hydrogen) atoms. The van der Waals surface area contributed by atoms with E-state index in [9.17, 15) is 0 Å². The van der Waals surface area contributed by atoms with Gasteiger partial charge in [-0.1, -0.05) is 18.2 Å². The molecule has 0 unspecified atom stereocenters. The van der Waals surface area contributed by atoms with Gasteiger partial charge < -0.3 is 16.2 Å². The lowest BCUT2D eigenvalue weighted by atomic mass is 10.0.